The molecule has 77 heavy (non-hydrogen) atoms. The van der Waals surface area contributed by atoms with Crippen molar-refractivity contribution in [3.8, 4) is 17.4 Å². The summed E-state index contributed by atoms with van der Waals surface area (Å²) in [5, 5.41) is 22.1. The van der Waals surface area contributed by atoms with Crippen LogP contribution in [0.2, 0.25) is 0 Å². The van der Waals surface area contributed by atoms with E-state index in [0.717, 1.165) is 61.3 Å². The SMILES string of the molecule is CN[C@@H](C)C(=O)N[C@H](C(=O)N1Cc2cc(OCCOCCOCCNC(=O)CCCOc3cccc(N4C[C@H]5C[C@@H]4CN5/C=C/C(=O)c4ccccc4O)n3)ccc2C[C@H]1C(=O)N[C@@H]1CCCc2ccccc21)C(C)(C)C. The predicted molar refractivity (Wildman–Crippen MR) is 292 cm³/mol. The fraction of sp³-hybridized carbons (Fsp3) is 0.492. The number of pyridine rings is 1. The van der Waals surface area contributed by atoms with E-state index in [9.17, 15) is 29.1 Å². The third-order valence-corrected chi connectivity index (χ3v) is 14.9. The molecule has 18 heteroatoms. The van der Waals surface area contributed by atoms with Gasteiger partial charge >= 0.3 is 0 Å². The normalized spacial score (nSPS) is 19.5. The van der Waals surface area contributed by atoms with E-state index in [1.54, 1.807) is 37.1 Å². The van der Waals surface area contributed by atoms with Gasteiger partial charge in [-0.05, 0) is 104 Å². The number of amides is 4. The topological polar surface area (TPSA) is 213 Å². The first-order valence-corrected chi connectivity index (χ1v) is 27.1. The molecular formula is C59H76N8O10. The molecule has 2 fully saturated rings. The number of nitrogens with zero attached hydrogens (tertiary/aromatic N) is 4. The van der Waals surface area contributed by atoms with E-state index in [1.165, 1.54) is 17.7 Å². The highest BCUT2D eigenvalue weighted by atomic mass is 16.5. The Morgan fingerprint density at radius 2 is 1.62 bits per heavy atom. The van der Waals surface area contributed by atoms with Crippen molar-refractivity contribution in [2.75, 3.05) is 71.2 Å². The van der Waals surface area contributed by atoms with Crippen LogP contribution < -0.4 is 35.6 Å². The Kier molecular flexibility index (Phi) is 19.2. The summed E-state index contributed by atoms with van der Waals surface area (Å²) in [5.74, 6) is 0.774. The average Bonchev–Trinajstić information content (AvgIpc) is 4.08. The van der Waals surface area contributed by atoms with Gasteiger partial charge in [0.2, 0.25) is 29.5 Å². The number of benzene rings is 3. The number of fused-ring (bicyclic) bond motifs is 4. The molecule has 2 saturated heterocycles. The second kappa shape index (κ2) is 26.4. The molecule has 6 atom stereocenters. The standard InChI is InChI=1S/C59H76N8O10/c1-39(60-5)56(71)64-55(59(2,3)4)58(73)67-36-42-33-45(23-22-41(42)34-49(67)57(72)62-48-17-10-14-40-13-6-7-15-46(40)48)76-32-31-75-30-29-74-28-25-61-53(70)20-12-27-77-54-21-11-19-52(63-54)66-38-43-35-44(66)37-65(43)26-24-51(69)47-16-8-9-18-50(47)68/h6-9,11,13,15-16,18-19,21-24,26,33,39,43-44,48-49,55,60,68H,10,12,14,17,20,25,27-32,34-38H2,1-5H3,(H,61,70)(H,62,72)(H,64,71)/b26-24+/t39-,43+,44+,48+,49-,55+/m0/s1. The number of anilines is 1. The molecule has 0 spiro atoms. The molecule has 3 aliphatic heterocycles. The van der Waals surface area contributed by atoms with Crippen LogP contribution in [0, 0.1) is 5.41 Å². The van der Waals surface area contributed by atoms with Crippen LogP contribution in [0.4, 0.5) is 5.82 Å². The van der Waals surface area contributed by atoms with Crippen LogP contribution in [0.5, 0.6) is 17.4 Å². The van der Waals surface area contributed by atoms with E-state index in [4.69, 9.17) is 23.9 Å². The number of allylic oxidation sites excluding steroid dienone is 1. The third kappa shape index (κ3) is 14.7. The number of carbonyl (C=O) groups is 5. The zero-order valence-electron chi connectivity index (χ0n) is 45.1. The van der Waals surface area contributed by atoms with Gasteiger partial charge < -0.3 is 60.0 Å². The van der Waals surface area contributed by atoms with Crippen LogP contribution in [0.3, 0.4) is 0 Å². The van der Waals surface area contributed by atoms with Crippen molar-refractivity contribution in [2.24, 2.45) is 5.41 Å². The maximum absolute atomic E-state index is 14.7. The van der Waals surface area contributed by atoms with Crippen molar-refractivity contribution >= 4 is 35.2 Å². The van der Waals surface area contributed by atoms with E-state index in [0.29, 0.717) is 70.5 Å². The second-order valence-corrected chi connectivity index (χ2v) is 21.4. The van der Waals surface area contributed by atoms with Gasteiger partial charge in [-0.2, -0.15) is 4.98 Å². The number of likely N-dealkylation sites (N-methyl/N-ethyl adjacent to an activating group) is 1. The highest BCUT2D eigenvalue weighted by Crippen LogP contribution is 2.36. The van der Waals surface area contributed by atoms with Gasteiger partial charge in [-0.1, -0.05) is 69.3 Å². The summed E-state index contributed by atoms with van der Waals surface area (Å²) in [6.07, 6.45) is 8.20. The Bertz CT molecular complexity index is 2730. The number of aryl methyl sites for hydroxylation is 1. The van der Waals surface area contributed by atoms with E-state index < -0.39 is 23.5 Å². The molecule has 4 amide bonds. The highest BCUT2D eigenvalue weighted by molar-refractivity contribution is 6.06. The lowest BCUT2D eigenvalue weighted by Gasteiger charge is -2.41. The lowest BCUT2D eigenvalue weighted by molar-refractivity contribution is -0.147. The molecule has 1 aliphatic carbocycles. The Hall–Kier alpha value is -7.02. The molecular weight excluding hydrogens is 981 g/mol. The molecule has 3 aromatic carbocycles. The molecule has 4 heterocycles. The maximum atomic E-state index is 14.7. The van der Waals surface area contributed by atoms with Crippen molar-refractivity contribution in [1.29, 1.82) is 0 Å². The van der Waals surface area contributed by atoms with Crippen molar-refractivity contribution in [3.05, 3.63) is 125 Å². The van der Waals surface area contributed by atoms with Gasteiger partial charge in [-0.3, -0.25) is 24.0 Å². The van der Waals surface area contributed by atoms with Gasteiger partial charge in [0.05, 0.1) is 50.7 Å². The van der Waals surface area contributed by atoms with Crippen LogP contribution in [-0.4, -0.2) is 146 Å². The average molecular weight is 1060 g/mol. The second-order valence-electron chi connectivity index (χ2n) is 21.4. The number of aromatic hydroxyl groups is 1. The zero-order chi connectivity index (χ0) is 54.5. The van der Waals surface area contributed by atoms with Gasteiger partial charge in [0.25, 0.3) is 0 Å². The number of carbonyl (C=O) groups excluding carboxylic acids is 5. The number of phenolic OH excluding ortho intramolecular Hbond substituents is 1. The summed E-state index contributed by atoms with van der Waals surface area (Å²) in [4.78, 5) is 78.2. The Balaban J connectivity index is 0.715. The molecule has 4 aliphatic rings. The lowest BCUT2D eigenvalue weighted by atomic mass is 9.83. The number of ketones is 1. The monoisotopic (exact) mass is 1060 g/mol. The first-order valence-electron chi connectivity index (χ1n) is 27.1. The lowest BCUT2D eigenvalue weighted by Crippen LogP contribution is -2.62. The van der Waals surface area contributed by atoms with Gasteiger partial charge in [-0.25, -0.2) is 0 Å². The van der Waals surface area contributed by atoms with Crippen molar-refractivity contribution in [3.63, 3.8) is 0 Å². The van der Waals surface area contributed by atoms with Crippen LogP contribution in [0.15, 0.2) is 97.2 Å². The molecule has 18 nitrogen and oxygen atoms in total. The molecule has 8 rings (SSSR count). The minimum Gasteiger partial charge on any atom is -0.507 e. The number of ether oxygens (including phenoxy) is 4. The van der Waals surface area contributed by atoms with E-state index in [2.05, 4.69) is 43.2 Å². The fourth-order valence-electron chi connectivity index (χ4n) is 10.5. The molecule has 0 unspecified atom stereocenters. The van der Waals surface area contributed by atoms with Crippen molar-refractivity contribution in [1.82, 2.24) is 36.1 Å². The largest absolute Gasteiger partial charge is 0.507 e. The Labute approximate surface area is 452 Å². The number of likely N-dealkylation sites (tertiary alicyclic amines) is 1. The Morgan fingerprint density at radius 1 is 0.844 bits per heavy atom. The molecule has 2 bridgehead atoms. The number of piperazine rings is 1. The van der Waals surface area contributed by atoms with Crippen molar-refractivity contribution in [2.45, 2.75) is 115 Å². The number of aromatic nitrogens is 1. The first kappa shape index (κ1) is 56.2. The van der Waals surface area contributed by atoms with Gasteiger partial charge in [-0.15, -0.1) is 0 Å². The predicted octanol–water partition coefficient (Wildman–Crippen LogP) is 5.42. The first-order chi connectivity index (χ1) is 37.2. The quantitative estimate of drug-likeness (QED) is 0.0319. The minimum atomic E-state index is -0.885. The summed E-state index contributed by atoms with van der Waals surface area (Å²) < 4.78 is 23.4. The van der Waals surface area contributed by atoms with Gasteiger partial charge in [0.15, 0.2) is 5.78 Å². The molecule has 1 aromatic heterocycles. The zero-order valence-corrected chi connectivity index (χ0v) is 45.1. The summed E-state index contributed by atoms with van der Waals surface area (Å²) in [6, 6.07) is 24.4. The van der Waals surface area contributed by atoms with E-state index in [-0.39, 0.29) is 72.0 Å². The molecule has 5 N–H and O–H groups in total. The number of hydrogen-bond donors (Lipinski definition) is 5. The van der Waals surface area contributed by atoms with E-state index in [1.807, 2.05) is 75.5 Å². The summed E-state index contributed by atoms with van der Waals surface area (Å²) in [6.45, 7) is 11.5. The minimum absolute atomic E-state index is 0.0249. The fourth-order valence-corrected chi connectivity index (χ4v) is 10.5. The van der Waals surface area contributed by atoms with Crippen molar-refractivity contribution < 1.29 is 48.0 Å². The van der Waals surface area contributed by atoms with Crippen LogP contribution in [0.1, 0.15) is 98.5 Å². The summed E-state index contributed by atoms with van der Waals surface area (Å²) in [5.41, 5.74) is 3.80. The van der Waals surface area contributed by atoms with E-state index >= 15 is 0 Å². The summed E-state index contributed by atoms with van der Waals surface area (Å²) >= 11 is 0. The number of rotatable bonds is 25. The number of hydrogen-bond acceptors (Lipinski definition) is 14. The van der Waals surface area contributed by atoms with Crippen LogP contribution >= 0.6 is 0 Å². The number of phenols is 1. The number of para-hydroxylation sites is 1. The molecule has 0 radical (unpaired) electrons. The third-order valence-electron chi connectivity index (χ3n) is 14.9. The Morgan fingerprint density at radius 3 is 2.40 bits per heavy atom. The molecule has 412 valence electrons. The molecule has 4 aromatic rings. The van der Waals surface area contributed by atoms with Crippen LogP contribution in [-0.2, 0) is 48.0 Å². The van der Waals surface area contributed by atoms with Gasteiger partial charge in [0.1, 0.15) is 36.0 Å². The van der Waals surface area contributed by atoms with Crippen LogP contribution in [0.25, 0.3) is 0 Å². The van der Waals surface area contributed by atoms with Gasteiger partial charge in [0, 0.05) is 69.4 Å². The highest BCUT2D eigenvalue weighted by Gasteiger charge is 2.44. The number of nitrogens with one attached hydrogen (secondary N) is 4. The smallest absolute Gasteiger partial charge is 0.246 e. The maximum Gasteiger partial charge on any atom is 0.246 e. The molecule has 0 saturated carbocycles. The summed E-state index contributed by atoms with van der Waals surface area (Å²) in [7, 11) is 1.69.